The maximum absolute atomic E-state index is 8.78. The maximum atomic E-state index is 8.78. The van der Waals surface area contributed by atoms with Crippen molar-refractivity contribution in [3.63, 3.8) is 0 Å². The Morgan fingerprint density at radius 3 is 2.00 bits per heavy atom. The molecule has 0 aromatic rings. The van der Waals surface area contributed by atoms with E-state index >= 15 is 0 Å². The van der Waals surface area contributed by atoms with Gasteiger partial charge in [-0.3, -0.25) is 0 Å². The molecule has 0 fully saturated rings. The lowest BCUT2D eigenvalue weighted by molar-refractivity contribution is 0.409. The van der Waals surface area contributed by atoms with Crippen LogP contribution < -0.4 is 0 Å². The Balaban J connectivity index is 4.00. The quantitative estimate of drug-likeness (QED) is 0.408. The fraction of sp³-hybridized carbons (Fsp3) is 0.429. The number of allylic oxidation sites excluding steroid dienone is 4. The standard InChI is InChI=1S/C7H12O/c1-4-5-6(2)7(3)8/h4-5,8H,1-3H3/b5-4-,7-6+. The van der Waals surface area contributed by atoms with Crippen LogP contribution in [0.5, 0.6) is 0 Å². The SMILES string of the molecule is C/C=C\C(C)=C(/C)O. The molecule has 0 aliphatic rings. The molecule has 0 aromatic carbocycles. The first-order chi connectivity index (χ1) is 3.68. The lowest BCUT2D eigenvalue weighted by atomic mass is 10.2. The number of rotatable bonds is 1. The van der Waals surface area contributed by atoms with E-state index in [1.807, 2.05) is 26.0 Å². The van der Waals surface area contributed by atoms with Gasteiger partial charge in [0.25, 0.3) is 0 Å². The van der Waals surface area contributed by atoms with Gasteiger partial charge in [0.15, 0.2) is 0 Å². The molecule has 8 heavy (non-hydrogen) atoms. The van der Waals surface area contributed by atoms with Crippen molar-refractivity contribution in [3.8, 4) is 0 Å². The molecule has 0 rings (SSSR count). The number of aliphatic hydroxyl groups is 1. The van der Waals surface area contributed by atoms with Crippen LogP contribution in [0.4, 0.5) is 0 Å². The molecular weight excluding hydrogens is 100 g/mol. The van der Waals surface area contributed by atoms with Gasteiger partial charge >= 0.3 is 0 Å². The van der Waals surface area contributed by atoms with Crippen molar-refractivity contribution in [2.75, 3.05) is 0 Å². The second-order valence-corrected chi connectivity index (χ2v) is 1.77. The van der Waals surface area contributed by atoms with Crippen LogP contribution in [0.15, 0.2) is 23.5 Å². The third-order valence-electron chi connectivity index (χ3n) is 0.987. The molecule has 0 amide bonds. The predicted molar refractivity (Wildman–Crippen MR) is 35.8 cm³/mol. The molecule has 0 aliphatic carbocycles. The lowest BCUT2D eigenvalue weighted by Gasteiger charge is -1.90. The van der Waals surface area contributed by atoms with Gasteiger partial charge in [0, 0.05) is 0 Å². The van der Waals surface area contributed by atoms with Crippen LogP contribution in [0.1, 0.15) is 20.8 Å². The highest BCUT2D eigenvalue weighted by atomic mass is 16.3. The predicted octanol–water partition coefficient (Wildman–Crippen LogP) is 2.41. The minimum Gasteiger partial charge on any atom is -0.512 e. The zero-order chi connectivity index (χ0) is 6.57. The van der Waals surface area contributed by atoms with Gasteiger partial charge in [0.05, 0.1) is 5.76 Å². The molecule has 0 bridgehead atoms. The summed E-state index contributed by atoms with van der Waals surface area (Å²) in [6.45, 7) is 5.47. The minimum atomic E-state index is 0.392. The third-order valence-corrected chi connectivity index (χ3v) is 0.987. The van der Waals surface area contributed by atoms with Crippen LogP contribution in [0.25, 0.3) is 0 Å². The molecular formula is C7H12O. The summed E-state index contributed by atoms with van der Waals surface area (Å²) in [4.78, 5) is 0. The summed E-state index contributed by atoms with van der Waals surface area (Å²) in [5.74, 6) is 0.392. The van der Waals surface area contributed by atoms with E-state index in [1.165, 1.54) is 0 Å². The van der Waals surface area contributed by atoms with Crippen molar-refractivity contribution in [3.05, 3.63) is 23.5 Å². The topological polar surface area (TPSA) is 20.2 Å². The molecule has 0 radical (unpaired) electrons. The van der Waals surface area contributed by atoms with E-state index < -0.39 is 0 Å². The first-order valence-electron chi connectivity index (χ1n) is 2.67. The summed E-state index contributed by atoms with van der Waals surface area (Å²) < 4.78 is 0. The fourth-order valence-corrected chi connectivity index (χ4v) is 0.371. The zero-order valence-corrected chi connectivity index (χ0v) is 5.60. The monoisotopic (exact) mass is 112 g/mol. The Kier molecular flexibility index (Phi) is 3.01. The van der Waals surface area contributed by atoms with E-state index in [2.05, 4.69) is 0 Å². The van der Waals surface area contributed by atoms with Crippen LogP contribution in [0, 0.1) is 0 Å². The van der Waals surface area contributed by atoms with Crippen molar-refractivity contribution in [2.24, 2.45) is 0 Å². The fourth-order valence-electron chi connectivity index (χ4n) is 0.371. The Labute approximate surface area is 50.3 Å². The Hall–Kier alpha value is -0.720. The number of hydrogen-bond donors (Lipinski definition) is 1. The first kappa shape index (κ1) is 7.28. The summed E-state index contributed by atoms with van der Waals surface area (Å²) in [6.07, 6.45) is 3.77. The molecule has 0 heterocycles. The second kappa shape index (κ2) is 3.30. The van der Waals surface area contributed by atoms with Crippen LogP contribution in [-0.4, -0.2) is 5.11 Å². The van der Waals surface area contributed by atoms with E-state index in [0.29, 0.717) is 5.76 Å². The van der Waals surface area contributed by atoms with Gasteiger partial charge in [-0.05, 0) is 26.3 Å². The lowest BCUT2D eigenvalue weighted by Crippen LogP contribution is -1.75. The van der Waals surface area contributed by atoms with E-state index in [0.717, 1.165) is 5.57 Å². The molecule has 46 valence electrons. The Morgan fingerprint density at radius 1 is 1.38 bits per heavy atom. The van der Waals surface area contributed by atoms with Gasteiger partial charge in [-0.1, -0.05) is 12.2 Å². The molecule has 1 heteroatoms. The van der Waals surface area contributed by atoms with Gasteiger partial charge in [-0.2, -0.15) is 0 Å². The number of hydrogen-bond acceptors (Lipinski definition) is 1. The van der Waals surface area contributed by atoms with Gasteiger partial charge in [0.1, 0.15) is 0 Å². The average Bonchev–Trinajstić information content (AvgIpc) is 1.67. The van der Waals surface area contributed by atoms with Gasteiger partial charge in [-0.25, -0.2) is 0 Å². The van der Waals surface area contributed by atoms with E-state index in [1.54, 1.807) is 6.92 Å². The molecule has 1 nitrogen and oxygen atoms in total. The van der Waals surface area contributed by atoms with Gasteiger partial charge < -0.3 is 5.11 Å². The van der Waals surface area contributed by atoms with Gasteiger partial charge in [-0.15, -0.1) is 0 Å². The summed E-state index contributed by atoms with van der Waals surface area (Å²) >= 11 is 0. The Morgan fingerprint density at radius 2 is 1.88 bits per heavy atom. The highest BCUT2D eigenvalue weighted by molar-refractivity contribution is 5.17. The van der Waals surface area contributed by atoms with Crippen molar-refractivity contribution in [1.29, 1.82) is 0 Å². The first-order valence-corrected chi connectivity index (χ1v) is 2.67. The summed E-state index contributed by atoms with van der Waals surface area (Å²) in [5, 5.41) is 8.78. The molecule has 1 N–H and O–H groups in total. The number of aliphatic hydroxyl groups excluding tert-OH is 1. The largest absolute Gasteiger partial charge is 0.512 e. The Bertz CT molecular complexity index is 116. The molecule has 0 saturated carbocycles. The third kappa shape index (κ3) is 2.45. The molecule has 0 aromatic heterocycles. The molecule has 0 spiro atoms. The molecule has 0 atom stereocenters. The normalized spacial score (nSPS) is 14.4. The highest BCUT2D eigenvalue weighted by Crippen LogP contribution is 1.99. The van der Waals surface area contributed by atoms with E-state index in [9.17, 15) is 0 Å². The van der Waals surface area contributed by atoms with Crippen molar-refractivity contribution >= 4 is 0 Å². The minimum absolute atomic E-state index is 0.392. The van der Waals surface area contributed by atoms with Crippen LogP contribution in [0.2, 0.25) is 0 Å². The van der Waals surface area contributed by atoms with E-state index in [-0.39, 0.29) is 0 Å². The second-order valence-electron chi connectivity index (χ2n) is 1.77. The van der Waals surface area contributed by atoms with E-state index in [4.69, 9.17) is 5.11 Å². The van der Waals surface area contributed by atoms with Crippen LogP contribution in [0.3, 0.4) is 0 Å². The molecule has 0 unspecified atom stereocenters. The summed E-state index contributed by atoms with van der Waals surface area (Å²) in [7, 11) is 0. The summed E-state index contributed by atoms with van der Waals surface area (Å²) in [5.41, 5.74) is 0.924. The van der Waals surface area contributed by atoms with Gasteiger partial charge in [0.2, 0.25) is 0 Å². The van der Waals surface area contributed by atoms with Crippen LogP contribution >= 0.6 is 0 Å². The average molecular weight is 112 g/mol. The molecule has 0 saturated heterocycles. The summed E-state index contributed by atoms with van der Waals surface area (Å²) in [6, 6.07) is 0. The zero-order valence-electron chi connectivity index (χ0n) is 5.60. The van der Waals surface area contributed by atoms with Crippen molar-refractivity contribution in [1.82, 2.24) is 0 Å². The smallest absolute Gasteiger partial charge is 0.0920 e. The van der Waals surface area contributed by atoms with Crippen molar-refractivity contribution < 1.29 is 5.11 Å². The van der Waals surface area contributed by atoms with Crippen LogP contribution in [-0.2, 0) is 0 Å². The highest BCUT2D eigenvalue weighted by Gasteiger charge is 1.83. The van der Waals surface area contributed by atoms with Crippen molar-refractivity contribution in [2.45, 2.75) is 20.8 Å². The molecule has 0 aliphatic heterocycles. The maximum Gasteiger partial charge on any atom is 0.0920 e.